The summed E-state index contributed by atoms with van der Waals surface area (Å²) in [5.74, 6) is 0.487. The van der Waals surface area contributed by atoms with Crippen molar-refractivity contribution in [2.45, 2.75) is 11.1 Å². The van der Waals surface area contributed by atoms with Crippen LogP contribution in [-0.2, 0) is 0 Å². The molecule has 1 aromatic carbocycles. The van der Waals surface area contributed by atoms with Gasteiger partial charge in [0.2, 0.25) is 0 Å². The van der Waals surface area contributed by atoms with Crippen molar-refractivity contribution < 1.29 is 4.39 Å². The Morgan fingerprint density at radius 2 is 1.94 bits per heavy atom. The fourth-order valence-electron chi connectivity index (χ4n) is 1.41. The first-order valence-electron chi connectivity index (χ1n) is 5.30. The monoisotopic (exact) mass is 248 g/mol. The van der Waals surface area contributed by atoms with Crippen LogP contribution in [0.1, 0.15) is 11.6 Å². The topological polar surface area (TPSA) is 38.9 Å². The third-order valence-corrected chi connectivity index (χ3v) is 3.41. The molecule has 4 heteroatoms. The van der Waals surface area contributed by atoms with Gasteiger partial charge in [-0.1, -0.05) is 18.2 Å². The number of nitrogens with two attached hydrogens (primary N) is 1. The van der Waals surface area contributed by atoms with Crippen LogP contribution >= 0.6 is 11.8 Å². The van der Waals surface area contributed by atoms with Crippen molar-refractivity contribution >= 4 is 11.8 Å². The van der Waals surface area contributed by atoms with Crippen LogP contribution in [0.15, 0.2) is 53.7 Å². The summed E-state index contributed by atoms with van der Waals surface area (Å²) in [5.41, 5.74) is 6.96. The minimum atomic E-state index is -0.238. The Kier molecular flexibility index (Phi) is 4.12. The highest BCUT2D eigenvalue weighted by Crippen LogP contribution is 2.21. The predicted octanol–water partition coefficient (Wildman–Crippen LogP) is 3.01. The summed E-state index contributed by atoms with van der Waals surface area (Å²) in [5, 5.41) is 0.949. The summed E-state index contributed by atoms with van der Waals surface area (Å²) in [7, 11) is 0. The number of thioether (sulfide) groups is 1. The standard InChI is InChI=1S/C13H13FN2S/c14-11-6-4-10(5-7-11)12(15)9-17-13-3-1-2-8-16-13/h1-8,12H,9,15H2. The average molecular weight is 248 g/mol. The van der Waals surface area contributed by atoms with E-state index in [1.807, 2.05) is 18.2 Å². The van der Waals surface area contributed by atoms with E-state index in [2.05, 4.69) is 4.98 Å². The van der Waals surface area contributed by atoms with Crippen LogP contribution in [0.3, 0.4) is 0 Å². The van der Waals surface area contributed by atoms with Gasteiger partial charge >= 0.3 is 0 Å². The van der Waals surface area contributed by atoms with Gasteiger partial charge in [0.15, 0.2) is 0 Å². The van der Waals surface area contributed by atoms with Crippen LogP contribution < -0.4 is 5.73 Å². The molecule has 88 valence electrons. The van der Waals surface area contributed by atoms with Gasteiger partial charge in [-0.25, -0.2) is 9.37 Å². The minimum Gasteiger partial charge on any atom is -0.323 e. The third-order valence-electron chi connectivity index (χ3n) is 2.35. The molecule has 2 aromatic rings. The van der Waals surface area contributed by atoms with Crippen LogP contribution in [0.25, 0.3) is 0 Å². The first-order valence-corrected chi connectivity index (χ1v) is 6.29. The summed E-state index contributed by atoms with van der Waals surface area (Å²) in [6.45, 7) is 0. The smallest absolute Gasteiger partial charge is 0.123 e. The second-order valence-corrected chi connectivity index (χ2v) is 4.68. The van der Waals surface area contributed by atoms with Gasteiger partial charge < -0.3 is 5.73 Å². The number of halogens is 1. The summed E-state index contributed by atoms with van der Waals surface area (Å²) >= 11 is 1.60. The number of hydrogen-bond donors (Lipinski definition) is 1. The van der Waals surface area contributed by atoms with Crippen molar-refractivity contribution in [1.82, 2.24) is 4.98 Å². The van der Waals surface area contributed by atoms with Crippen LogP contribution in [0, 0.1) is 5.82 Å². The van der Waals surface area contributed by atoms with Gasteiger partial charge in [-0.2, -0.15) is 0 Å². The van der Waals surface area contributed by atoms with Crippen LogP contribution in [0.5, 0.6) is 0 Å². The quantitative estimate of drug-likeness (QED) is 0.845. The molecule has 2 N–H and O–H groups in total. The van der Waals surface area contributed by atoms with Gasteiger partial charge in [-0.3, -0.25) is 0 Å². The molecule has 2 rings (SSSR count). The lowest BCUT2D eigenvalue weighted by atomic mass is 10.1. The molecule has 0 fully saturated rings. The molecule has 0 aliphatic carbocycles. The molecule has 0 aliphatic heterocycles. The number of benzene rings is 1. The Bertz CT molecular complexity index is 459. The number of pyridine rings is 1. The summed E-state index contributed by atoms with van der Waals surface area (Å²) in [4.78, 5) is 4.21. The lowest BCUT2D eigenvalue weighted by Gasteiger charge is -2.11. The van der Waals surface area contributed by atoms with E-state index in [4.69, 9.17) is 5.73 Å². The maximum Gasteiger partial charge on any atom is 0.123 e. The largest absolute Gasteiger partial charge is 0.323 e. The van der Waals surface area contributed by atoms with Gasteiger partial charge in [0.05, 0.1) is 5.03 Å². The molecular weight excluding hydrogens is 235 g/mol. The van der Waals surface area contributed by atoms with E-state index >= 15 is 0 Å². The summed E-state index contributed by atoms with van der Waals surface area (Å²) < 4.78 is 12.7. The predicted molar refractivity (Wildman–Crippen MR) is 68.3 cm³/mol. The Hall–Kier alpha value is -1.39. The van der Waals surface area contributed by atoms with Crippen LogP contribution in [0.4, 0.5) is 4.39 Å². The molecule has 1 atom stereocenters. The van der Waals surface area contributed by atoms with Crippen LogP contribution in [0.2, 0.25) is 0 Å². The SMILES string of the molecule is NC(CSc1ccccn1)c1ccc(F)cc1. The van der Waals surface area contributed by atoms with Crippen molar-refractivity contribution in [1.29, 1.82) is 0 Å². The van der Waals surface area contributed by atoms with E-state index < -0.39 is 0 Å². The summed E-state index contributed by atoms with van der Waals surface area (Å²) in [6.07, 6.45) is 1.76. The zero-order valence-electron chi connectivity index (χ0n) is 9.21. The van der Waals surface area contributed by atoms with Crippen LogP contribution in [-0.4, -0.2) is 10.7 Å². The number of hydrogen-bond acceptors (Lipinski definition) is 3. The molecule has 0 radical (unpaired) electrons. The maximum atomic E-state index is 12.7. The second kappa shape index (κ2) is 5.80. The van der Waals surface area contributed by atoms with Crippen molar-refractivity contribution in [2.75, 3.05) is 5.75 Å². The lowest BCUT2D eigenvalue weighted by Crippen LogP contribution is -2.12. The third kappa shape index (κ3) is 3.54. The van der Waals surface area contributed by atoms with Gasteiger partial charge in [0.1, 0.15) is 5.82 Å². The fraction of sp³-hybridized carbons (Fsp3) is 0.154. The minimum absolute atomic E-state index is 0.109. The van der Waals surface area contributed by atoms with Gasteiger partial charge in [0, 0.05) is 18.0 Å². The van der Waals surface area contributed by atoms with E-state index in [1.165, 1.54) is 12.1 Å². The van der Waals surface area contributed by atoms with E-state index in [-0.39, 0.29) is 11.9 Å². The highest BCUT2D eigenvalue weighted by Gasteiger charge is 2.07. The Morgan fingerprint density at radius 1 is 1.18 bits per heavy atom. The van der Waals surface area contributed by atoms with Crippen molar-refractivity contribution in [3.8, 4) is 0 Å². The Labute approximate surface area is 104 Å². The molecule has 0 bridgehead atoms. The molecule has 1 aromatic heterocycles. The Balaban J connectivity index is 1.93. The van der Waals surface area contributed by atoms with Gasteiger partial charge in [-0.15, -0.1) is 11.8 Å². The first kappa shape index (κ1) is 12.1. The first-order chi connectivity index (χ1) is 8.25. The Morgan fingerprint density at radius 3 is 2.59 bits per heavy atom. The average Bonchev–Trinajstić information content (AvgIpc) is 2.38. The molecule has 1 unspecified atom stereocenters. The molecule has 0 aliphatic rings. The number of nitrogens with zero attached hydrogens (tertiary/aromatic N) is 1. The highest BCUT2D eigenvalue weighted by molar-refractivity contribution is 7.99. The van der Waals surface area contributed by atoms with Crippen molar-refractivity contribution in [3.05, 3.63) is 60.0 Å². The van der Waals surface area contributed by atoms with Crippen molar-refractivity contribution in [3.63, 3.8) is 0 Å². The van der Waals surface area contributed by atoms with E-state index in [0.717, 1.165) is 16.3 Å². The molecule has 1 heterocycles. The zero-order valence-corrected chi connectivity index (χ0v) is 10.0. The molecule has 0 spiro atoms. The van der Waals surface area contributed by atoms with E-state index in [0.29, 0.717) is 0 Å². The molecule has 0 saturated heterocycles. The maximum absolute atomic E-state index is 12.7. The lowest BCUT2D eigenvalue weighted by molar-refractivity contribution is 0.626. The summed E-state index contributed by atoms with van der Waals surface area (Å²) in [6, 6.07) is 12.0. The molecule has 17 heavy (non-hydrogen) atoms. The zero-order chi connectivity index (χ0) is 12.1. The van der Waals surface area contributed by atoms with E-state index in [1.54, 1.807) is 30.1 Å². The van der Waals surface area contributed by atoms with Gasteiger partial charge in [-0.05, 0) is 29.8 Å². The highest BCUT2D eigenvalue weighted by atomic mass is 32.2. The molecule has 0 amide bonds. The van der Waals surface area contributed by atoms with Crippen molar-refractivity contribution in [2.24, 2.45) is 5.73 Å². The van der Waals surface area contributed by atoms with E-state index in [9.17, 15) is 4.39 Å². The van der Waals surface area contributed by atoms with Gasteiger partial charge in [0.25, 0.3) is 0 Å². The fourth-order valence-corrected chi connectivity index (χ4v) is 2.27. The second-order valence-electron chi connectivity index (χ2n) is 3.64. The number of aromatic nitrogens is 1. The number of rotatable bonds is 4. The molecular formula is C13H13FN2S. The normalized spacial score (nSPS) is 12.4. The molecule has 2 nitrogen and oxygen atoms in total. The molecule has 0 saturated carbocycles.